The monoisotopic (exact) mass is 597 g/mol. The standard InChI is InChI=1S/C38H35N3O2S/c1-4-41(22-25-15-13-24(2)14-16-25)35(42)27-19-17-26(18-20-27)33-23-44-37(39-33)40-36(43)38(3)21-32-28-9-5-7-11-30(28)34(38)31-12-8-6-10-29(31)32/h5-20,23,32,34H,4,21-22H2,1-3H3,(H,39,40,43). The molecule has 0 aliphatic heterocycles. The van der Waals surface area contributed by atoms with Crippen molar-refractivity contribution in [3.05, 3.63) is 141 Å². The third-order valence-electron chi connectivity index (χ3n) is 9.46. The minimum absolute atomic E-state index is 0.00175. The summed E-state index contributed by atoms with van der Waals surface area (Å²) in [6, 6.07) is 33.1. The fourth-order valence-corrected chi connectivity index (χ4v) is 7.81. The molecule has 8 rings (SSSR count). The highest BCUT2D eigenvalue weighted by molar-refractivity contribution is 7.14. The Hall–Kier alpha value is -4.55. The number of rotatable bonds is 7. The van der Waals surface area contributed by atoms with Gasteiger partial charge < -0.3 is 10.2 Å². The maximum atomic E-state index is 14.0. The van der Waals surface area contributed by atoms with Crippen LogP contribution in [0.4, 0.5) is 5.13 Å². The van der Waals surface area contributed by atoms with E-state index in [0.717, 1.165) is 23.2 Å². The smallest absolute Gasteiger partial charge is 0.254 e. The van der Waals surface area contributed by atoms with Gasteiger partial charge in [-0.15, -0.1) is 11.3 Å². The van der Waals surface area contributed by atoms with E-state index in [1.807, 2.05) is 41.5 Å². The number of aromatic nitrogens is 1. The number of hydrogen-bond acceptors (Lipinski definition) is 4. The van der Waals surface area contributed by atoms with Crippen LogP contribution in [0.5, 0.6) is 0 Å². The van der Waals surface area contributed by atoms with Crippen molar-refractivity contribution < 1.29 is 9.59 Å². The number of fused-ring (bicyclic) bond motifs is 1. The summed E-state index contributed by atoms with van der Waals surface area (Å²) < 4.78 is 0. The van der Waals surface area contributed by atoms with Gasteiger partial charge in [-0.3, -0.25) is 9.59 Å². The van der Waals surface area contributed by atoms with E-state index < -0.39 is 5.41 Å². The molecule has 1 aromatic heterocycles. The molecule has 3 aliphatic rings. The van der Waals surface area contributed by atoms with E-state index in [1.54, 1.807) is 0 Å². The Kier molecular flexibility index (Phi) is 7.17. The number of nitrogens with one attached hydrogen (secondary N) is 1. The van der Waals surface area contributed by atoms with Gasteiger partial charge in [-0.05, 0) is 67.1 Å². The van der Waals surface area contributed by atoms with Crippen LogP contribution in [0.25, 0.3) is 11.3 Å². The van der Waals surface area contributed by atoms with Gasteiger partial charge in [-0.1, -0.05) is 90.5 Å². The van der Waals surface area contributed by atoms with Crippen LogP contribution in [-0.4, -0.2) is 28.2 Å². The van der Waals surface area contributed by atoms with Crippen LogP contribution in [0, 0.1) is 12.3 Å². The molecular weight excluding hydrogens is 563 g/mol. The molecule has 2 amide bonds. The van der Waals surface area contributed by atoms with Crippen LogP contribution in [0.3, 0.4) is 0 Å². The fraction of sp³-hybridized carbons (Fsp3) is 0.237. The maximum Gasteiger partial charge on any atom is 0.254 e. The number of aryl methyl sites for hydroxylation is 1. The number of benzene rings is 4. The Bertz CT molecular complexity index is 1810. The number of thiazole rings is 1. The zero-order valence-corrected chi connectivity index (χ0v) is 26.0. The zero-order chi connectivity index (χ0) is 30.4. The quantitative estimate of drug-likeness (QED) is 0.205. The molecule has 220 valence electrons. The van der Waals surface area contributed by atoms with Crippen molar-refractivity contribution in [2.45, 2.75) is 45.6 Å². The average molecular weight is 598 g/mol. The lowest BCUT2D eigenvalue weighted by atomic mass is 9.52. The molecule has 0 radical (unpaired) electrons. The summed E-state index contributed by atoms with van der Waals surface area (Å²) in [6.07, 6.45) is 0.768. The van der Waals surface area contributed by atoms with Gasteiger partial charge in [0.2, 0.25) is 5.91 Å². The van der Waals surface area contributed by atoms with Gasteiger partial charge in [0.25, 0.3) is 5.91 Å². The maximum absolute atomic E-state index is 14.0. The number of carbonyl (C=O) groups excluding carboxylic acids is 2. The minimum Gasteiger partial charge on any atom is -0.335 e. The van der Waals surface area contributed by atoms with Crippen LogP contribution in [-0.2, 0) is 11.3 Å². The third-order valence-corrected chi connectivity index (χ3v) is 10.2. The summed E-state index contributed by atoms with van der Waals surface area (Å²) in [5, 5.41) is 5.72. The highest BCUT2D eigenvalue weighted by Gasteiger charge is 2.54. The number of amides is 2. The molecule has 0 fully saturated rings. The van der Waals surface area contributed by atoms with E-state index in [1.165, 1.54) is 39.2 Å². The molecular formula is C38H35N3O2S. The third kappa shape index (κ3) is 4.83. The molecule has 1 heterocycles. The lowest BCUT2D eigenvalue weighted by Crippen LogP contribution is -2.47. The molecule has 5 nitrogen and oxygen atoms in total. The van der Waals surface area contributed by atoms with E-state index in [0.29, 0.717) is 23.8 Å². The van der Waals surface area contributed by atoms with E-state index in [-0.39, 0.29) is 23.7 Å². The van der Waals surface area contributed by atoms with Crippen LogP contribution < -0.4 is 5.32 Å². The van der Waals surface area contributed by atoms with Crippen molar-refractivity contribution in [1.82, 2.24) is 9.88 Å². The Balaban J connectivity index is 1.07. The van der Waals surface area contributed by atoms with Crippen molar-refractivity contribution in [2.24, 2.45) is 5.41 Å². The minimum atomic E-state index is -0.592. The highest BCUT2D eigenvalue weighted by Crippen LogP contribution is 2.61. The van der Waals surface area contributed by atoms with Gasteiger partial charge >= 0.3 is 0 Å². The van der Waals surface area contributed by atoms with Crippen molar-refractivity contribution in [2.75, 3.05) is 11.9 Å². The molecule has 5 aromatic rings. The first-order chi connectivity index (χ1) is 21.4. The Morgan fingerprint density at radius 2 is 1.50 bits per heavy atom. The number of carbonyl (C=O) groups is 2. The second kappa shape index (κ2) is 11.2. The topological polar surface area (TPSA) is 62.3 Å². The van der Waals surface area contributed by atoms with Crippen LogP contribution in [0.1, 0.15) is 75.8 Å². The Labute approximate surface area is 262 Å². The van der Waals surface area contributed by atoms with E-state index in [9.17, 15) is 9.59 Å². The van der Waals surface area contributed by atoms with Gasteiger partial charge in [0.05, 0.1) is 11.1 Å². The molecule has 4 aromatic carbocycles. The molecule has 1 unspecified atom stereocenters. The predicted octanol–water partition coefficient (Wildman–Crippen LogP) is 8.41. The second-order valence-corrected chi connectivity index (χ2v) is 13.1. The summed E-state index contributed by atoms with van der Waals surface area (Å²) >= 11 is 1.43. The zero-order valence-electron chi connectivity index (χ0n) is 25.2. The summed E-state index contributed by atoms with van der Waals surface area (Å²) in [7, 11) is 0. The number of anilines is 1. The van der Waals surface area contributed by atoms with Gasteiger partial charge in [-0.2, -0.15) is 0 Å². The summed E-state index contributed by atoms with van der Waals surface area (Å²) in [5.41, 5.74) is 9.27. The van der Waals surface area contributed by atoms with Gasteiger partial charge in [0, 0.05) is 41.4 Å². The first kappa shape index (κ1) is 28.2. The van der Waals surface area contributed by atoms with Gasteiger partial charge in [0.15, 0.2) is 5.13 Å². The first-order valence-corrected chi connectivity index (χ1v) is 16.1. The second-order valence-electron chi connectivity index (χ2n) is 12.2. The van der Waals surface area contributed by atoms with Crippen LogP contribution >= 0.6 is 11.3 Å². The lowest BCUT2D eigenvalue weighted by Gasteiger charge is -2.50. The van der Waals surface area contributed by atoms with Crippen LogP contribution in [0.15, 0.2) is 102 Å². The van der Waals surface area contributed by atoms with Crippen molar-refractivity contribution in [3.8, 4) is 11.3 Å². The van der Waals surface area contributed by atoms with E-state index in [2.05, 4.69) is 92.0 Å². The molecule has 1 atom stereocenters. The fourth-order valence-electron chi connectivity index (χ4n) is 7.10. The highest BCUT2D eigenvalue weighted by atomic mass is 32.1. The number of hydrogen-bond donors (Lipinski definition) is 1. The molecule has 0 saturated carbocycles. The SMILES string of the molecule is CCN(Cc1ccc(C)cc1)C(=O)c1ccc(-c2csc(NC(=O)C3(C)CC4c5ccccc5C3c3ccccc34)n2)cc1. The Morgan fingerprint density at radius 3 is 2.11 bits per heavy atom. The molecule has 2 bridgehead atoms. The van der Waals surface area contributed by atoms with Gasteiger partial charge in [0.1, 0.15) is 0 Å². The van der Waals surface area contributed by atoms with E-state index >= 15 is 0 Å². The molecule has 0 saturated heterocycles. The lowest BCUT2D eigenvalue weighted by molar-refractivity contribution is -0.126. The summed E-state index contributed by atoms with van der Waals surface area (Å²) in [4.78, 5) is 33.9. The van der Waals surface area contributed by atoms with Crippen molar-refractivity contribution >= 4 is 28.3 Å². The Morgan fingerprint density at radius 1 is 0.886 bits per heavy atom. The first-order valence-electron chi connectivity index (χ1n) is 15.3. The molecule has 3 aliphatic carbocycles. The van der Waals surface area contributed by atoms with Crippen molar-refractivity contribution in [1.29, 1.82) is 0 Å². The molecule has 44 heavy (non-hydrogen) atoms. The normalized spacial score (nSPS) is 19.6. The van der Waals surface area contributed by atoms with Crippen LogP contribution in [0.2, 0.25) is 0 Å². The molecule has 1 N–H and O–H groups in total. The van der Waals surface area contributed by atoms with E-state index in [4.69, 9.17) is 4.98 Å². The molecule has 0 spiro atoms. The van der Waals surface area contributed by atoms with Crippen molar-refractivity contribution in [3.63, 3.8) is 0 Å². The summed E-state index contributed by atoms with van der Waals surface area (Å²) in [5.74, 6) is 0.213. The molecule has 6 heteroatoms. The number of nitrogens with zero attached hydrogens (tertiary/aromatic N) is 2. The predicted molar refractivity (Wildman–Crippen MR) is 177 cm³/mol. The average Bonchev–Trinajstić information content (AvgIpc) is 3.53. The van der Waals surface area contributed by atoms with Gasteiger partial charge in [-0.25, -0.2) is 4.98 Å². The summed E-state index contributed by atoms with van der Waals surface area (Å²) in [6.45, 7) is 7.37. The largest absolute Gasteiger partial charge is 0.335 e.